The van der Waals surface area contributed by atoms with Crippen LogP contribution in [0.4, 0.5) is 0 Å². The van der Waals surface area contributed by atoms with Crippen LogP contribution in [0.3, 0.4) is 0 Å². The third-order valence-corrected chi connectivity index (χ3v) is 5.95. The molecule has 1 atom stereocenters. The van der Waals surface area contributed by atoms with Crippen molar-refractivity contribution in [2.75, 3.05) is 7.11 Å². The van der Waals surface area contributed by atoms with Gasteiger partial charge in [-0.2, -0.15) is 0 Å². The van der Waals surface area contributed by atoms with Crippen LogP contribution in [0.2, 0.25) is 0 Å². The summed E-state index contributed by atoms with van der Waals surface area (Å²) >= 11 is 3.42. The molecule has 0 fully saturated rings. The van der Waals surface area contributed by atoms with Crippen molar-refractivity contribution in [1.29, 1.82) is 0 Å². The fourth-order valence-electron chi connectivity index (χ4n) is 3.90. The Morgan fingerprint density at radius 2 is 1.84 bits per heavy atom. The molecule has 2 aromatic carbocycles. The zero-order chi connectivity index (χ0) is 22.0. The van der Waals surface area contributed by atoms with Crippen molar-refractivity contribution in [3.63, 3.8) is 0 Å². The van der Waals surface area contributed by atoms with Crippen molar-refractivity contribution in [3.8, 4) is 5.75 Å². The second-order valence-electron chi connectivity index (χ2n) is 7.40. The second-order valence-corrected chi connectivity index (χ2v) is 8.32. The second kappa shape index (κ2) is 8.98. The molecule has 1 heterocycles. The number of hydrogen-bond donors (Lipinski definition) is 1. The number of ketones is 1. The molecule has 0 aromatic heterocycles. The smallest absolute Gasteiger partial charge is 0.340 e. The van der Waals surface area contributed by atoms with Crippen LogP contribution in [0.15, 0.2) is 75.8 Å². The van der Waals surface area contributed by atoms with Crippen LogP contribution in [-0.2, 0) is 25.7 Å². The van der Waals surface area contributed by atoms with Gasteiger partial charge in [-0.3, -0.25) is 4.79 Å². The van der Waals surface area contributed by atoms with E-state index in [0.29, 0.717) is 43.0 Å². The van der Waals surface area contributed by atoms with Crippen molar-refractivity contribution in [2.24, 2.45) is 5.73 Å². The first-order valence-electron chi connectivity index (χ1n) is 9.97. The fraction of sp³-hybridized carbons (Fsp3) is 0.250. The molecule has 160 valence electrons. The quantitative estimate of drug-likeness (QED) is 0.630. The molecule has 2 aromatic rings. The van der Waals surface area contributed by atoms with Gasteiger partial charge in [0.05, 0.1) is 13.0 Å². The summed E-state index contributed by atoms with van der Waals surface area (Å²) in [6.45, 7) is 0.429. The number of allylic oxidation sites excluding steroid dienone is 2. The van der Waals surface area contributed by atoms with E-state index in [1.807, 2.05) is 48.5 Å². The maximum absolute atomic E-state index is 12.7. The average molecular weight is 484 g/mol. The molecule has 0 amide bonds. The minimum Gasteiger partial charge on any atom is -0.489 e. The number of methoxy groups -OCH3 is 1. The summed E-state index contributed by atoms with van der Waals surface area (Å²) in [6, 6.07) is 15.2. The van der Waals surface area contributed by atoms with E-state index in [0.717, 1.165) is 15.6 Å². The molecule has 31 heavy (non-hydrogen) atoms. The molecule has 1 aliphatic heterocycles. The Bertz CT molecular complexity index is 1070. The lowest BCUT2D eigenvalue weighted by Gasteiger charge is -2.32. The first-order chi connectivity index (χ1) is 15.0. The van der Waals surface area contributed by atoms with E-state index >= 15 is 0 Å². The molecule has 0 spiro atoms. The maximum Gasteiger partial charge on any atom is 0.340 e. The zero-order valence-electron chi connectivity index (χ0n) is 17.0. The number of hydrogen-bond acceptors (Lipinski definition) is 6. The molecule has 0 radical (unpaired) electrons. The Labute approximate surface area is 188 Å². The predicted molar refractivity (Wildman–Crippen MR) is 118 cm³/mol. The van der Waals surface area contributed by atoms with Crippen molar-refractivity contribution < 1.29 is 23.8 Å². The van der Waals surface area contributed by atoms with E-state index in [1.165, 1.54) is 7.11 Å². The van der Waals surface area contributed by atoms with Gasteiger partial charge >= 0.3 is 5.97 Å². The molecule has 0 bridgehead atoms. The Kier molecular flexibility index (Phi) is 6.13. The van der Waals surface area contributed by atoms with Gasteiger partial charge in [0, 0.05) is 22.9 Å². The van der Waals surface area contributed by atoms with Gasteiger partial charge in [-0.05, 0) is 41.8 Å². The van der Waals surface area contributed by atoms with Gasteiger partial charge in [0.15, 0.2) is 5.78 Å². The number of ether oxygens (including phenoxy) is 3. The summed E-state index contributed by atoms with van der Waals surface area (Å²) in [5.41, 5.74) is 8.51. The van der Waals surface area contributed by atoms with Crippen LogP contribution in [-0.4, -0.2) is 18.9 Å². The topological polar surface area (TPSA) is 87.9 Å². The summed E-state index contributed by atoms with van der Waals surface area (Å²) in [7, 11) is 1.28. The van der Waals surface area contributed by atoms with Crippen molar-refractivity contribution in [1.82, 2.24) is 0 Å². The number of halogens is 1. The molecule has 0 unspecified atom stereocenters. The molecular weight excluding hydrogens is 462 g/mol. The molecule has 4 rings (SSSR count). The van der Waals surface area contributed by atoms with Crippen LogP contribution in [0.25, 0.3) is 0 Å². The average Bonchev–Trinajstić information content (AvgIpc) is 2.78. The van der Waals surface area contributed by atoms with Crippen LogP contribution in [0.1, 0.15) is 36.3 Å². The third-order valence-electron chi connectivity index (χ3n) is 5.42. The summed E-state index contributed by atoms with van der Waals surface area (Å²) in [5, 5.41) is 0. The number of benzene rings is 2. The van der Waals surface area contributed by atoms with Crippen LogP contribution >= 0.6 is 15.9 Å². The van der Waals surface area contributed by atoms with Crippen LogP contribution in [0, 0.1) is 0 Å². The summed E-state index contributed by atoms with van der Waals surface area (Å²) < 4.78 is 17.5. The van der Waals surface area contributed by atoms with Gasteiger partial charge in [-0.1, -0.05) is 40.2 Å². The minimum atomic E-state index is -0.621. The van der Waals surface area contributed by atoms with Gasteiger partial charge in [0.25, 0.3) is 0 Å². The lowest BCUT2D eigenvalue weighted by molar-refractivity contribution is -0.136. The standard InChI is InChI=1S/C24H22BrNO5/c1-29-24(28)22-20(21-18(27)3-2-4-19(21)31-23(22)26)15-7-11-17(12-8-15)30-13-14-5-9-16(25)10-6-14/h5-12,20H,2-4,13,26H2,1H3/t20-/m0/s1. The lowest BCUT2D eigenvalue weighted by Crippen LogP contribution is -2.31. The third kappa shape index (κ3) is 4.37. The predicted octanol–water partition coefficient (Wildman–Crippen LogP) is 4.49. The summed E-state index contributed by atoms with van der Waals surface area (Å²) in [5.74, 6) is -0.0504. The number of carbonyl (C=O) groups is 2. The highest BCUT2D eigenvalue weighted by atomic mass is 79.9. The van der Waals surface area contributed by atoms with Gasteiger partial charge in [0.1, 0.15) is 23.7 Å². The van der Waals surface area contributed by atoms with Crippen LogP contribution < -0.4 is 10.5 Å². The molecule has 0 saturated heterocycles. The molecule has 2 N–H and O–H groups in total. The van der Waals surface area contributed by atoms with Gasteiger partial charge < -0.3 is 19.9 Å². The Hall–Kier alpha value is -3.06. The van der Waals surface area contributed by atoms with E-state index in [2.05, 4.69) is 15.9 Å². The molecule has 1 aliphatic carbocycles. The van der Waals surface area contributed by atoms with Crippen molar-refractivity contribution in [3.05, 3.63) is 86.9 Å². The Morgan fingerprint density at radius 3 is 2.52 bits per heavy atom. The number of esters is 1. The Morgan fingerprint density at radius 1 is 1.13 bits per heavy atom. The van der Waals surface area contributed by atoms with Gasteiger partial charge in [-0.25, -0.2) is 4.79 Å². The number of rotatable bonds is 5. The number of Topliss-reactive ketones (excluding diaryl/α,β-unsaturated/α-hetero) is 1. The minimum absolute atomic E-state index is 0.0131. The van der Waals surface area contributed by atoms with E-state index in [1.54, 1.807) is 0 Å². The first-order valence-corrected chi connectivity index (χ1v) is 10.8. The first kappa shape index (κ1) is 21.2. The normalized spacial score (nSPS) is 18.4. The maximum atomic E-state index is 12.7. The van der Waals surface area contributed by atoms with Crippen molar-refractivity contribution >= 4 is 27.7 Å². The van der Waals surface area contributed by atoms with E-state index < -0.39 is 11.9 Å². The van der Waals surface area contributed by atoms with E-state index in [9.17, 15) is 9.59 Å². The van der Waals surface area contributed by atoms with E-state index in [4.69, 9.17) is 19.9 Å². The fourth-order valence-corrected chi connectivity index (χ4v) is 4.17. The number of carbonyl (C=O) groups excluding carboxylic acids is 2. The zero-order valence-corrected chi connectivity index (χ0v) is 18.6. The molecular formula is C24H22BrNO5. The highest BCUT2D eigenvalue weighted by molar-refractivity contribution is 9.10. The molecule has 6 nitrogen and oxygen atoms in total. The molecule has 7 heteroatoms. The van der Waals surface area contributed by atoms with Crippen molar-refractivity contribution in [2.45, 2.75) is 31.8 Å². The largest absolute Gasteiger partial charge is 0.489 e. The highest BCUT2D eigenvalue weighted by Gasteiger charge is 2.41. The molecule has 0 saturated carbocycles. The highest BCUT2D eigenvalue weighted by Crippen LogP contribution is 2.44. The van der Waals surface area contributed by atoms with Crippen LogP contribution in [0.5, 0.6) is 5.75 Å². The molecule has 2 aliphatic rings. The Balaban J connectivity index is 1.62. The monoisotopic (exact) mass is 483 g/mol. The lowest BCUT2D eigenvalue weighted by atomic mass is 9.77. The SMILES string of the molecule is COC(=O)C1=C(N)OC2=C(C(=O)CCC2)[C@@H]1c1ccc(OCc2ccc(Br)cc2)cc1. The van der Waals surface area contributed by atoms with Gasteiger partial charge in [-0.15, -0.1) is 0 Å². The number of nitrogens with two attached hydrogens (primary N) is 1. The van der Waals surface area contributed by atoms with Gasteiger partial charge in [0.2, 0.25) is 5.88 Å². The summed E-state index contributed by atoms with van der Waals surface area (Å²) in [4.78, 5) is 25.2. The summed E-state index contributed by atoms with van der Waals surface area (Å²) in [6.07, 6.45) is 1.73. The van der Waals surface area contributed by atoms with E-state index in [-0.39, 0.29) is 17.2 Å².